The number of amides is 5. The van der Waals surface area contributed by atoms with E-state index in [0.717, 1.165) is 18.4 Å². The number of carbonyl (C=O) groups is 4. The molecule has 39 heavy (non-hydrogen) atoms. The third kappa shape index (κ3) is 7.07. The zero-order chi connectivity index (χ0) is 27.8. The fraction of sp³-hybridized carbons (Fsp3) is 0.556. The Bertz CT molecular complexity index is 1030. The summed E-state index contributed by atoms with van der Waals surface area (Å²) in [5.74, 6) is -0.387. The molecule has 3 aliphatic heterocycles. The van der Waals surface area contributed by atoms with Crippen molar-refractivity contribution < 1.29 is 28.7 Å². The van der Waals surface area contributed by atoms with Crippen molar-refractivity contribution in [3.05, 3.63) is 48.6 Å². The van der Waals surface area contributed by atoms with Crippen LogP contribution in [0.2, 0.25) is 0 Å². The number of hydrazine groups is 1. The molecule has 4 rings (SSSR count). The predicted molar refractivity (Wildman–Crippen MR) is 142 cm³/mol. The molecule has 3 heterocycles. The van der Waals surface area contributed by atoms with Gasteiger partial charge in [-0.15, -0.1) is 0 Å². The van der Waals surface area contributed by atoms with Crippen LogP contribution in [0.1, 0.15) is 31.2 Å². The van der Waals surface area contributed by atoms with Crippen molar-refractivity contribution in [2.45, 2.75) is 50.5 Å². The van der Waals surface area contributed by atoms with Gasteiger partial charge in [-0.1, -0.05) is 43.0 Å². The highest BCUT2D eigenvalue weighted by atomic mass is 16.5. The first kappa shape index (κ1) is 28.4. The number of hydrogen-bond acceptors (Lipinski definition) is 7. The number of urea groups is 1. The number of carbonyl (C=O) groups excluding carboxylic acids is 4. The number of rotatable bonds is 10. The number of hydrogen-bond donors (Lipinski definition) is 2. The summed E-state index contributed by atoms with van der Waals surface area (Å²) in [6.07, 6.45) is 2.74. The van der Waals surface area contributed by atoms with Gasteiger partial charge < -0.3 is 29.9 Å². The predicted octanol–water partition coefficient (Wildman–Crippen LogP) is 1.30. The largest absolute Gasteiger partial charge is 0.445 e. The smallest absolute Gasteiger partial charge is 0.407 e. The van der Waals surface area contributed by atoms with E-state index in [-0.39, 0.29) is 50.2 Å². The topological polar surface area (TPSA) is 124 Å². The van der Waals surface area contributed by atoms with E-state index in [2.05, 4.69) is 17.2 Å². The van der Waals surface area contributed by atoms with Crippen LogP contribution in [0.15, 0.2) is 43.0 Å². The van der Waals surface area contributed by atoms with Gasteiger partial charge in [0.2, 0.25) is 11.8 Å². The third-order valence-electron chi connectivity index (χ3n) is 7.14. The van der Waals surface area contributed by atoms with Gasteiger partial charge in [-0.2, -0.15) is 0 Å². The Labute approximate surface area is 228 Å². The maximum absolute atomic E-state index is 13.7. The summed E-state index contributed by atoms with van der Waals surface area (Å²) >= 11 is 0. The average molecular weight is 543 g/mol. The molecule has 0 aliphatic carbocycles. The molecule has 12 heteroatoms. The monoisotopic (exact) mass is 542 g/mol. The van der Waals surface area contributed by atoms with Crippen LogP contribution in [-0.4, -0.2) is 109 Å². The minimum Gasteiger partial charge on any atom is -0.445 e. The fourth-order valence-corrected chi connectivity index (χ4v) is 5.31. The minimum absolute atomic E-state index is 0.0309. The van der Waals surface area contributed by atoms with Gasteiger partial charge in [0.15, 0.2) is 0 Å². The van der Waals surface area contributed by atoms with Crippen molar-refractivity contribution >= 4 is 23.9 Å². The number of piperazine rings is 1. The first-order valence-electron chi connectivity index (χ1n) is 13.4. The molecule has 1 aromatic carbocycles. The van der Waals surface area contributed by atoms with Gasteiger partial charge in [-0.3, -0.25) is 9.59 Å². The second kappa shape index (κ2) is 13.4. The summed E-state index contributed by atoms with van der Waals surface area (Å²) in [5, 5.41) is 8.75. The second-order valence-electron chi connectivity index (χ2n) is 9.94. The Balaban J connectivity index is 1.49. The normalized spacial score (nSPS) is 23.4. The number of nitrogens with one attached hydrogen (secondary N) is 2. The van der Waals surface area contributed by atoms with Gasteiger partial charge in [0.05, 0.1) is 19.2 Å². The molecule has 3 atom stereocenters. The number of ether oxygens (including phenoxy) is 2. The van der Waals surface area contributed by atoms with Crippen molar-refractivity contribution in [1.82, 2.24) is 30.5 Å². The molecule has 2 N–H and O–H groups in total. The molecule has 3 aliphatic rings. The number of benzene rings is 1. The van der Waals surface area contributed by atoms with E-state index in [1.807, 2.05) is 30.3 Å². The Hall–Kier alpha value is -3.64. The van der Waals surface area contributed by atoms with Crippen LogP contribution in [-0.2, 0) is 25.6 Å². The maximum Gasteiger partial charge on any atom is 0.407 e. The van der Waals surface area contributed by atoms with E-state index in [4.69, 9.17) is 9.47 Å². The van der Waals surface area contributed by atoms with E-state index in [9.17, 15) is 19.2 Å². The lowest BCUT2D eigenvalue weighted by atomic mass is 10.0. The first-order chi connectivity index (χ1) is 18.9. The molecule has 0 bridgehead atoms. The molecule has 5 amide bonds. The first-order valence-corrected chi connectivity index (χ1v) is 13.4. The summed E-state index contributed by atoms with van der Waals surface area (Å²) < 4.78 is 10.7. The van der Waals surface area contributed by atoms with E-state index in [0.29, 0.717) is 32.5 Å². The summed E-state index contributed by atoms with van der Waals surface area (Å²) in [5.41, 5.74) is 0.953. The van der Waals surface area contributed by atoms with Crippen LogP contribution in [0, 0.1) is 0 Å². The van der Waals surface area contributed by atoms with Gasteiger partial charge in [-0.25, -0.2) is 19.6 Å². The molecule has 0 aromatic heterocycles. The lowest BCUT2D eigenvalue weighted by Crippen LogP contribution is -2.76. The van der Waals surface area contributed by atoms with Crippen LogP contribution >= 0.6 is 0 Å². The second-order valence-corrected chi connectivity index (χ2v) is 9.94. The highest BCUT2D eigenvalue weighted by molar-refractivity contribution is 5.91. The van der Waals surface area contributed by atoms with Crippen molar-refractivity contribution in [3.63, 3.8) is 0 Å². The molecule has 1 aromatic rings. The standard InChI is InChI=1S/C27H38N6O6/c1-3-14-39-27(37)28-13-7-12-22-25(35)31(17-21-11-8-15-38-21)18-23-32(22)24(34)19-30(2)33(23)26(36)29-16-20-9-5-4-6-10-20/h3-6,9-10,21-23H,1,7-8,11-19H2,2H3,(H,28,37)(H,29,36)/t21?,22-,23-/m0/s1. The van der Waals surface area contributed by atoms with Gasteiger partial charge in [0, 0.05) is 33.3 Å². The number of fused-ring (bicyclic) bond motifs is 1. The summed E-state index contributed by atoms with van der Waals surface area (Å²) in [6.45, 7) is 5.45. The van der Waals surface area contributed by atoms with E-state index < -0.39 is 18.3 Å². The molecule has 1 unspecified atom stereocenters. The fourth-order valence-electron chi connectivity index (χ4n) is 5.31. The Morgan fingerprint density at radius 2 is 2.00 bits per heavy atom. The number of nitrogens with zero attached hydrogens (tertiary/aromatic N) is 4. The number of alkyl carbamates (subject to hydrolysis) is 1. The molecule has 0 spiro atoms. The highest BCUT2D eigenvalue weighted by Gasteiger charge is 2.50. The SMILES string of the molecule is C=CCOC(=O)NCCC[C@H]1C(=O)N(CC2CCCO2)C[C@H]2N1C(=O)CN(C)N2C(=O)NCc1ccccc1. The van der Waals surface area contributed by atoms with Gasteiger partial charge in [0.1, 0.15) is 18.8 Å². The number of likely N-dealkylation sites (N-methyl/N-ethyl adjacent to an activating group) is 1. The molecular formula is C27H38N6O6. The van der Waals surface area contributed by atoms with E-state index >= 15 is 0 Å². The van der Waals surface area contributed by atoms with Gasteiger partial charge >= 0.3 is 12.1 Å². The third-order valence-corrected chi connectivity index (χ3v) is 7.14. The minimum atomic E-state index is -0.762. The lowest BCUT2D eigenvalue weighted by molar-refractivity contribution is -0.188. The van der Waals surface area contributed by atoms with Crippen LogP contribution in [0.5, 0.6) is 0 Å². The maximum atomic E-state index is 13.7. The molecule has 12 nitrogen and oxygen atoms in total. The summed E-state index contributed by atoms with van der Waals surface area (Å²) in [7, 11) is 1.70. The molecule has 0 saturated carbocycles. The zero-order valence-electron chi connectivity index (χ0n) is 22.4. The molecular weight excluding hydrogens is 504 g/mol. The zero-order valence-corrected chi connectivity index (χ0v) is 22.4. The summed E-state index contributed by atoms with van der Waals surface area (Å²) in [4.78, 5) is 55.4. The Morgan fingerprint density at radius 3 is 2.72 bits per heavy atom. The molecule has 212 valence electrons. The van der Waals surface area contributed by atoms with Crippen molar-refractivity contribution in [1.29, 1.82) is 0 Å². The average Bonchev–Trinajstić information content (AvgIpc) is 3.44. The van der Waals surface area contributed by atoms with Crippen molar-refractivity contribution in [2.75, 3.05) is 46.4 Å². The van der Waals surface area contributed by atoms with Crippen molar-refractivity contribution in [3.8, 4) is 0 Å². The van der Waals surface area contributed by atoms with Crippen LogP contribution in [0.3, 0.4) is 0 Å². The molecule has 0 radical (unpaired) electrons. The Morgan fingerprint density at radius 1 is 1.21 bits per heavy atom. The summed E-state index contributed by atoms with van der Waals surface area (Å²) in [6, 6.07) is 8.47. The lowest BCUT2D eigenvalue weighted by Gasteiger charge is -2.54. The molecule has 3 fully saturated rings. The van der Waals surface area contributed by atoms with Gasteiger partial charge in [0.25, 0.3) is 0 Å². The quantitative estimate of drug-likeness (QED) is 0.337. The van der Waals surface area contributed by atoms with E-state index in [1.54, 1.807) is 21.9 Å². The highest BCUT2D eigenvalue weighted by Crippen LogP contribution is 2.29. The van der Waals surface area contributed by atoms with E-state index in [1.165, 1.54) is 11.1 Å². The Kier molecular flexibility index (Phi) is 9.77. The van der Waals surface area contributed by atoms with Crippen LogP contribution in [0.4, 0.5) is 9.59 Å². The molecule has 3 saturated heterocycles. The van der Waals surface area contributed by atoms with Crippen LogP contribution < -0.4 is 10.6 Å². The van der Waals surface area contributed by atoms with Gasteiger partial charge in [-0.05, 0) is 31.2 Å². The van der Waals surface area contributed by atoms with Crippen LogP contribution in [0.25, 0.3) is 0 Å². The van der Waals surface area contributed by atoms with Crippen molar-refractivity contribution in [2.24, 2.45) is 0 Å².